The number of fused-ring (bicyclic) bond motifs is 2. The van der Waals surface area contributed by atoms with E-state index in [1.54, 1.807) is 16.9 Å². The van der Waals surface area contributed by atoms with Gasteiger partial charge in [-0.1, -0.05) is 18.1 Å². The van der Waals surface area contributed by atoms with Crippen molar-refractivity contribution in [3.05, 3.63) is 94.4 Å². The summed E-state index contributed by atoms with van der Waals surface area (Å²) in [5.74, 6) is 6.21. The fourth-order valence-electron chi connectivity index (χ4n) is 5.19. The third-order valence-electron chi connectivity index (χ3n) is 7.14. The maximum absolute atomic E-state index is 13.1. The summed E-state index contributed by atoms with van der Waals surface area (Å²) < 4.78 is 1.71. The molecule has 7 heteroatoms. The van der Waals surface area contributed by atoms with Gasteiger partial charge in [-0.3, -0.25) is 9.69 Å². The van der Waals surface area contributed by atoms with Gasteiger partial charge in [0, 0.05) is 55.2 Å². The molecule has 36 heavy (non-hydrogen) atoms. The Morgan fingerprint density at radius 2 is 2.00 bits per heavy atom. The van der Waals surface area contributed by atoms with Gasteiger partial charge in [0.25, 0.3) is 5.91 Å². The van der Waals surface area contributed by atoms with Crippen molar-refractivity contribution >= 4 is 17.2 Å². The van der Waals surface area contributed by atoms with E-state index in [1.165, 1.54) is 11.1 Å². The summed E-state index contributed by atoms with van der Waals surface area (Å²) in [6.07, 6.45) is 5.62. The van der Waals surface area contributed by atoms with Gasteiger partial charge in [0.05, 0.1) is 6.20 Å². The molecule has 1 fully saturated rings. The number of nitrogens with one attached hydrogen (secondary N) is 2. The van der Waals surface area contributed by atoms with Crippen LogP contribution in [0, 0.1) is 18.8 Å². The molecule has 6 rings (SSSR count). The van der Waals surface area contributed by atoms with Crippen LogP contribution < -0.4 is 10.6 Å². The predicted octanol–water partition coefficient (Wildman–Crippen LogP) is 3.58. The van der Waals surface area contributed by atoms with Crippen LogP contribution in [0.4, 0.5) is 5.69 Å². The van der Waals surface area contributed by atoms with Crippen LogP contribution in [-0.4, -0.2) is 51.6 Å². The van der Waals surface area contributed by atoms with E-state index < -0.39 is 0 Å². The number of rotatable bonds is 3. The van der Waals surface area contributed by atoms with Crippen LogP contribution >= 0.6 is 0 Å². The van der Waals surface area contributed by atoms with E-state index in [9.17, 15) is 4.79 Å². The van der Waals surface area contributed by atoms with Crippen molar-refractivity contribution in [1.29, 1.82) is 0 Å². The van der Waals surface area contributed by atoms with Crippen LogP contribution in [0.25, 0.3) is 5.65 Å². The fourth-order valence-corrected chi connectivity index (χ4v) is 5.19. The van der Waals surface area contributed by atoms with Gasteiger partial charge >= 0.3 is 0 Å². The zero-order chi connectivity index (χ0) is 24.5. The first-order valence-electron chi connectivity index (χ1n) is 12.5. The molecule has 1 atom stereocenters. The number of aryl methyl sites for hydroxylation is 2. The summed E-state index contributed by atoms with van der Waals surface area (Å²) in [6.45, 7) is 6.29. The normalized spacial score (nSPS) is 17.4. The minimum atomic E-state index is -0.133. The van der Waals surface area contributed by atoms with Crippen molar-refractivity contribution < 1.29 is 4.79 Å². The largest absolute Gasteiger partial charge is 0.322 e. The molecule has 1 aliphatic carbocycles. The zero-order valence-corrected chi connectivity index (χ0v) is 20.3. The molecule has 7 nitrogen and oxygen atoms in total. The van der Waals surface area contributed by atoms with Crippen LogP contribution in [0.1, 0.15) is 50.8 Å². The second-order valence-corrected chi connectivity index (χ2v) is 9.42. The number of hydrogen-bond donors (Lipinski definition) is 2. The Hall–Kier alpha value is -3.99. The number of piperazine rings is 1. The number of carbonyl (C=O) groups is 1. The van der Waals surface area contributed by atoms with Crippen LogP contribution in [0.15, 0.2) is 60.9 Å². The van der Waals surface area contributed by atoms with E-state index in [-0.39, 0.29) is 5.91 Å². The van der Waals surface area contributed by atoms with Gasteiger partial charge in [-0.05, 0) is 78.8 Å². The predicted molar refractivity (Wildman–Crippen MR) is 140 cm³/mol. The topological polar surface area (TPSA) is 74.6 Å². The van der Waals surface area contributed by atoms with Gasteiger partial charge in [-0.2, -0.15) is 5.10 Å². The standard InChI is InChI=1S/C29H28N6O/c1-20-4-5-23(17-21(20)6-9-25-19-31-28-3-2-12-32-35(25)28)29(36)33-24-8-10-26-22(18-24)7-11-27(26)34-15-13-30-14-16-34/h2-5,8,10,12,17-19,27,30H,7,11,13-16H2,1H3,(H,33,36). The lowest BCUT2D eigenvalue weighted by Gasteiger charge is -2.33. The maximum Gasteiger partial charge on any atom is 0.255 e. The minimum absolute atomic E-state index is 0.133. The molecule has 2 aromatic carbocycles. The van der Waals surface area contributed by atoms with Gasteiger partial charge in [0.1, 0.15) is 5.69 Å². The lowest BCUT2D eigenvalue weighted by atomic mass is 10.0. The van der Waals surface area contributed by atoms with Crippen LogP contribution in [-0.2, 0) is 6.42 Å². The molecule has 0 radical (unpaired) electrons. The van der Waals surface area contributed by atoms with Crippen LogP contribution in [0.5, 0.6) is 0 Å². The summed E-state index contributed by atoms with van der Waals surface area (Å²) in [5, 5.41) is 10.8. The van der Waals surface area contributed by atoms with E-state index in [0.29, 0.717) is 17.3 Å². The third kappa shape index (κ3) is 4.37. The van der Waals surface area contributed by atoms with Crippen molar-refractivity contribution in [1.82, 2.24) is 24.8 Å². The molecule has 180 valence electrons. The van der Waals surface area contributed by atoms with E-state index >= 15 is 0 Å². The highest BCUT2D eigenvalue weighted by Crippen LogP contribution is 2.37. The number of aromatic nitrogens is 3. The Labute approximate surface area is 210 Å². The lowest BCUT2D eigenvalue weighted by molar-refractivity contribution is 0.102. The summed E-state index contributed by atoms with van der Waals surface area (Å²) in [4.78, 5) is 20.0. The summed E-state index contributed by atoms with van der Waals surface area (Å²) >= 11 is 0. The Morgan fingerprint density at radius 1 is 1.11 bits per heavy atom. The van der Waals surface area contributed by atoms with Gasteiger partial charge in [-0.25, -0.2) is 9.50 Å². The second-order valence-electron chi connectivity index (χ2n) is 9.42. The van der Waals surface area contributed by atoms with Gasteiger partial charge in [0.15, 0.2) is 5.65 Å². The molecule has 0 saturated carbocycles. The average molecular weight is 477 g/mol. The Kier molecular flexibility index (Phi) is 5.98. The van der Waals surface area contributed by atoms with Crippen molar-refractivity contribution in [2.24, 2.45) is 0 Å². The number of benzene rings is 2. The number of nitrogens with zero attached hydrogens (tertiary/aromatic N) is 4. The molecule has 2 N–H and O–H groups in total. The lowest BCUT2D eigenvalue weighted by Crippen LogP contribution is -2.44. The summed E-state index contributed by atoms with van der Waals surface area (Å²) in [5.41, 5.74) is 7.44. The van der Waals surface area contributed by atoms with Gasteiger partial charge in [-0.15, -0.1) is 0 Å². The Bertz CT molecular complexity index is 1510. The highest BCUT2D eigenvalue weighted by molar-refractivity contribution is 6.04. The minimum Gasteiger partial charge on any atom is -0.322 e. The maximum atomic E-state index is 13.1. The van der Waals surface area contributed by atoms with Crippen molar-refractivity contribution in [2.75, 3.05) is 31.5 Å². The molecule has 3 heterocycles. The van der Waals surface area contributed by atoms with E-state index in [2.05, 4.69) is 49.6 Å². The molecule has 1 saturated heterocycles. The van der Waals surface area contributed by atoms with Crippen LogP contribution in [0.3, 0.4) is 0 Å². The van der Waals surface area contributed by atoms with Crippen molar-refractivity contribution in [3.63, 3.8) is 0 Å². The van der Waals surface area contributed by atoms with Gasteiger partial charge < -0.3 is 10.6 Å². The Morgan fingerprint density at radius 3 is 2.89 bits per heavy atom. The quantitative estimate of drug-likeness (QED) is 0.442. The molecule has 0 bridgehead atoms. The first kappa shape index (κ1) is 22.5. The first-order valence-corrected chi connectivity index (χ1v) is 12.5. The number of hydrogen-bond acceptors (Lipinski definition) is 5. The molecule has 1 unspecified atom stereocenters. The first-order chi connectivity index (χ1) is 17.7. The fraction of sp³-hybridized carbons (Fsp3) is 0.276. The average Bonchev–Trinajstić information content (AvgIpc) is 3.52. The molecule has 0 spiro atoms. The Balaban J connectivity index is 1.19. The summed E-state index contributed by atoms with van der Waals surface area (Å²) in [6, 6.07) is 16.2. The molecular weight excluding hydrogens is 448 g/mol. The zero-order valence-electron chi connectivity index (χ0n) is 20.3. The second kappa shape index (κ2) is 9.57. The smallest absolute Gasteiger partial charge is 0.255 e. The molecule has 4 aromatic rings. The van der Waals surface area contributed by atoms with Gasteiger partial charge in [0.2, 0.25) is 0 Å². The number of carbonyl (C=O) groups excluding carboxylic acids is 1. The molecule has 1 amide bonds. The molecule has 2 aromatic heterocycles. The van der Waals surface area contributed by atoms with Crippen molar-refractivity contribution in [2.45, 2.75) is 25.8 Å². The molecule has 1 aliphatic heterocycles. The van der Waals surface area contributed by atoms with Crippen LogP contribution in [0.2, 0.25) is 0 Å². The molecule has 2 aliphatic rings. The van der Waals surface area contributed by atoms with E-state index in [4.69, 9.17) is 0 Å². The number of imidazole rings is 1. The number of amides is 1. The number of anilines is 1. The molecular formula is C29H28N6O. The van der Waals surface area contributed by atoms with E-state index in [1.807, 2.05) is 43.3 Å². The van der Waals surface area contributed by atoms with Crippen molar-refractivity contribution in [3.8, 4) is 11.8 Å². The van der Waals surface area contributed by atoms with E-state index in [0.717, 1.165) is 61.5 Å². The SMILES string of the molecule is Cc1ccc(C(=O)Nc2ccc3c(c2)CCC3N2CCNCC2)cc1C#Cc1cnc2cccnn12. The third-order valence-corrected chi connectivity index (χ3v) is 7.14. The summed E-state index contributed by atoms with van der Waals surface area (Å²) in [7, 11) is 0. The highest BCUT2D eigenvalue weighted by atomic mass is 16.1. The monoisotopic (exact) mass is 476 g/mol. The highest BCUT2D eigenvalue weighted by Gasteiger charge is 2.28.